The number of nitrogens with one attached hydrogen (secondary N) is 2. The van der Waals surface area contributed by atoms with Gasteiger partial charge in [0.25, 0.3) is 0 Å². The van der Waals surface area contributed by atoms with Gasteiger partial charge in [0, 0.05) is 19.0 Å². The second-order valence-electron chi connectivity index (χ2n) is 7.99. The molecule has 1 aliphatic carbocycles. The molecule has 2 aromatic carbocycles. The van der Waals surface area contributed by atoms with Crippen LogP contribution in [0.4, 0.5) is 4.79 Å². The van der Waals surface area contributed by atoms with Crippen LogP contribution in [-0.4, -0.2) is 29.7 Å². The molecule has 1 fully saturated rings. The number of carbonyl (C=O) groups excluding carboxylic acids is 1. The van der Waals surface area contributed by atoms with Gasteiger partial charge >= 0.3 is 12.0 Å². The van der Waals surface area contributed by atoms with Gasteiger partial charge in [0.05, 0.1) is 5.56 Å². The van der Waals surface area contributed by atoms with E-state index in [1.54, 1.807) is 12.1 Å². The summed E-state index contributed by atoms with van der Waals surface area (Å²) in [4.78, 5) is 23.3. The molecule has 30 heavy (non-hydrogen) atoms. The Morgan fingerprint density at radius 3 is 2.33 bits per heavy atom. The lowest BCUT2D eigenvalue weighted by molar-refractivity contribution is 0.0696. The molecule has 1 atom stereocenters. The molecule has 0 aromatic heterocycles. The maximum Gasteiger partial charge on any atom is 0.335 e. The molecule has 6 heteroatoms. The number of rotatable bonds is 8. The molecule has 0 heterocycles. The standard InChI is InChI=1S/C24H30N2O4/c1-17-7-11-20(12-8-17)26-24(29)25-16-15-22(18-5-3-2-4-6-18)30-21-13-9-19(10-14-21)23(27)28/h2-6,9-10,13-14,17,20,22H,7-8,11-12,15-16H2,1H3,(H,27,28)(H2,25,26,29). The summed E-state index contributed by atoms with van der Waals surface area (Å²) >= 11 is 0. The van der Waals surface area contributed by atoms with Gasteiger partial charge in [0.2, 0.25) is 0 Å². The molecule has 2 amide bonds. The van der Waals surface area contributed by atoms with E-state index < -0.39 is 5.97 Å². The van der Waals surface area contributed by atoms with E-state index in [0.717, 1.165) is 37.2 Å². The topological polar surface area (TPSA) is 87.7 Å². The molecule has 3 rings (SSSR count). The summed E-state index contributed by atoms with van der Waals surface area (Å²) in [7, 11) is 0. The molecular weight excluding hydrogens is 380 g/mol. The van der Waals surface area contributed by atoms with Crippen LogP contribution in [0.1, 0.15) is 61.1 Å². The van der Waals surface area contributed by atoms with Gasteiger partial charge in [0.15, 0.2) is 0 Å². The van der Waals surface area contributed by atoms with Gasteiger partial charge in [0.1, 0.15) is 11.9 Å². The normalized spacial score (nSPS) is 19.5. The first kappa shape index (κ1) is 21.7. The lowest BCUT2D eigenvalue weighted by atomic mass is 9.87. The molecule has 0 spiro atoms. The van der Waals surface area contributed by atoms with Crippen molar-refractivity contribution < 1.29 is 19.4 Å². The van der Waals surface area contributed by atoms with Gasteiger partial charge < -0.3 is 20.5 Å². The average molecular weight is 411 g/mol. The molecule has 1 unspecified atom stereocenters. The first-order valence-corrected chi connectivity index (χ1v) is 10.6. The third kappa shape index (κ3) is 6.51. The Kier molecular flexibility index (Phi) is 7.71. The van der Waals surface area contributed by atoms with Crippen molar-refractivity contribution in [3.63, 3.8) is 0 Å². The minimum absolute atomic E-state index is 0.132. The molecular formula is C24H30N2O4. The van der Waals surface area contributed by atoms with Crippen LogP contribution in [0.2, 0.25) is 0 Å². The predicted octanol–water partition coefficient (Wildman–Crippen LogP) is 4.77. The Morgan fingerprint density at radius 2 is 1.70 bits per heavy atom. The first-order valence-electron chi connectivity index (χ1n) is 10.6. The van der Waals surface area contributed by atoms with E-state index in [0.29, 0.717) is 18.7 Å². The highest BCUT2D eigenvalue weighted by Crippen LogP contribution is 2.25. The summed E-state index contributed by atoms with van der Waals surface area (Å²) < 4.78 is 6.11. The lowest BCUT2D eigenvalue weighted by Gasteiger charge is -2.27. The molecule has 0 saturated heterocycles. The smallest absolute Gasteiger partial charge is 0.335 e. The number of aromatic carboxylic acids is 1. The van der Waals surface area contributed by atoms with Crippen molar-refractivity contribution in [2.45, 2.75) is 51.2 Å². The van der Waals surface area contributed by atoms with Crippen LogP contribution in [-0.2, 0) is 0 Å². The summed E-state index contributed by atoms with van der Waals surface area (Å²) in [6.07, 6.45) is 4.75. The molecule has 0 radical (unpaired) electrons. The zero-order chi connectivity index (χ0) is 21.3. The Bertz CT molecular complexity index is 815. The van der Waals surface area contributed by atoms with Gasteiger partial charge in [-0.1, -0.05) is 37.3 Å². The second kappa shape index (κ2) is 10.7. The van der Waals surface area contributed by atoms with E-state index in [4.69, 9.17) is 9.84 Å². The summed E-state index contributed by atoms with van der Waals surface area (Å²) in [5, 5.41) is 15.1. The number of urea groups is 1. The van der Waals surface area contributed by atoms with Crippen LogP contribution in [0.3, 0.4) is 0 Å². The van der Waals surface area contributed by atoms with Gasteiger partial charge in [-0.3, -0.25) is 0 Å². The van der Waals surface area contributed by atoms with Crippen molar-refractivity contribution in [2.75, 3.05) is 6.54 Å². The minimum atomic E-state index is -0.969. The minimum Gasteiger partial charge on any atom is -0.486 e. The van der Waals surface area contributed by atoms with E-state index >= 15 is 0 Å². The molecule has 0 aliphatic heterocycles. The Hall–Kier alpha value is -3.02. The average Bonchev–Trinajstić information content (AvgIpc) is 2.75. The fraction of sp³-hybridized carbons (Fsp3) is 0.417. The van der Waals surface area contributed by atoms with Crippen molar-refractivity contribution in [3.8, 4) is 5.75 Å². The van der Waals surface area contributed by atoms with Gasteiger partial charge in [-0.2, -0.15) is 0 Å². The quantitative estimate of drug-likeness (QED) is 0.585. The number of carboxylic acid groups (broad SMARTS) is 1. The highest BCUT2D eigenvalue weighted by molar-refractivity contribution is 5.87. The zero-order valence-corrected chi connectivity index (χ0v) is 17.3. The van der Waals surface area contributed by atoms with Crippen molar-refractivity contribution in [2.24, 2.45) is 5.92 Å². The number of ether oxygens (including phenoxy) is 1. The molecule has 0 bridgehead atoms. The van der Waals surface area contributed by atoms with Crippen molar-refractivity contribution in [1.29, 1.82) is 0 Å². The summed E-state index contributed by atoms with van der Waals surface area (Å²) in [6.45, 7) is 2.73. The van der Waals surface area contributed by atoms with Crippen LogP contribution < -0.4 is 15.4 Å². The van der Waals surface area contributed by atoms with Gasteiger partial charge in [-0.15, -0.1) is 0 Å². The van der Waals surface area contributed by atoms with E-state index in [2.05, 4.69) is 17.6 Å². The zero-order valence-electron chi connectivity index (χ0n) is 17.3. The molecule has 6 nitrogen and oxygen atoms in total. The van der Waals surface area contributed by atoms with Gasteiger partial charge in [-0.05, 0) is 61.4 Å². The molecule has 160 valence electrons. The van der Waals surface area contributed by atoms with Crippen molar-refractivity contribution in [1.82, 2.24) is 10.6 Å². The third-order valence-corrected chi connectivity index (χ3v) is 5.59. The Balaban J connectivity index is 1.54. The number of amides is 2. The molecule has 3 N–H and O–H groups in total. The Labute approximate surface area is 177 Å². The number of hydrogen-bond acceptors (Lipinski definition) is 3. The SMILES string of the molecule is CC1CCC(NC(=O)NCCC(Oc2ccc(C(=O)O)cc2)c2ccccc2)CC1. The largest absolute Gasteiger partial charge is 0.486 e. The number of hydrogen-bond donors (Lipinski definition) is 3. The van der Waals surface area contributed by atoms with Crippen LogP contribution in [0.15, 0.2) is 54.6 Å². The van der Waals surface area contributed by atoms with Crippen LogP contribution >= 0.6 is 0 Å². The number of carboxylic acids is 1. The summed E-state index contributed by atoms with van der Waals surface area (Å²) in [6, 6.07) is 16.3. The van der Waals surface area contributed by atoms with Crippen LogP contribution in [0, 0.1) is 5.92 Å². The summed E-state index contributed by atoms with van der Waals surface area (Å²) in [5.74, 6) is 0.373. The van der Waals surface area contributed by atoms with E-state index in [1.165, 1.54) is 12.1 Å². The fourth-order valence-corrected chi connectivity index (χ4v) is 3.76. The highest BCUT2D eigenvalue weighted by Gasteiger charge is 2.20. The van der Waals surface area contributed by atoms with Crippen molar-refractivity contribution >= 4 is 12.0 Å². The molecule has 1 saturated carbocycles. The van der Waals surface area contributed by atoms with Gasteiger partial charge in [-0.25, -0.2) is 9.59 Å². The lowest BCUT2D eigenvalue weighted by Crippen LogP contribution is -2.44. The van der Waals surface area contributed by atoms with E-state index in [9.17, 15) is 9.59 Å². The Morgan fingerprint density at radius 1 is 1.03 bits per heavy atom. The maximum absolute atomic E-state index is 12.3. The predicted molar refractivity (Wildman–Crippen MR) is 116 cm³/mol. The second-order valence-corrected chi connectivity index (χ2v) is 7.99. The third-order valence-electron chi connectivity index (χ3n) is 5.59. The fourth-order valence-electron chi connectivity index (χ4n) is 3.76. The number of benzene rings is 2. The summed E-state index contributed by atoms with van der Waals surface area (Å²) in [5.41, 5.74) is 1.22. The molecule has 1 aliphatic rings. The monoisotopic (exact) mass is 410 g/mol. The first-order chi connectivity index (χ1) is 14.5. The van der Waals surface area contributed by atoms with E-state index in [1.807, 2.05) is 30.3 Å². The van der Waals surface area contributed by atoms with E-state index in [-0.39, 0.29) is 23.7 Å². The van der Waals surface area contributed by atoms with Crippen LogP contribution in [0.25, 0.3) is 0 Å². The molecule has 2 aromatic rings. The number of carbonyl (C=O) groups is 2. The van der Waals surface area contributed by atoms with Crippen molar-refractivity contribution in [3.05, 3.63) is 65.7 Å². The van der Waals surface area contributed by atoms with Crippen LogP contribution in [0.5, 0.6) is 5.75 Å². The maximum atomic E-state index is 12.3. The highest BCUT2D eigenvalue weighted by atomic mass is 16.5.